The quantitative estimate of drug-likeness (QED) is 0.525. The summed E-state index contributed by atoms with van der Waals surface area (Å²) in [5.74, 6) is -1.56. The van der Waals surface area contributed by atoms with Crippen molar-refractivity contribution in [1.29, 1.82) is 0 Å². The molecule has 0 aromatic heterocycles. The fourth-order valence-electron chi connectivity index (χ4n) is 4.63. The number of carbonyl (C=O) groups is 2. The van der Waals surface area contributed by atoms with E-state index in [0.29, 0.717) is 5.92 Å². The highest BCUT2D eigenvalue weighted by atomic mass is 19.1. The molecule has 9 heteroatoms. The molecule has 0 saturated carbocycles. The maximum absolute atomic E-state index is 13.9. The topological polar surface area (TPSA) is 96.1 Å². The second-order valence-corrected chi connectivity index (χ2v) is 11.3. The van der Waals surface area contributed by atoms with E-state index in [2.05, 4.69) is 13.8 Å². The summed E-state index contributed by atoms with van der Waals surface area (Å²) in [5, 5.41) is 11.3. The fraction of sp³-hybridized carbons (Fsp3) is 0.517. The zero-order valence-corrected chi connectivity index (χ0v) is 22.8. The molecule has 1 aliphatic heterocycles. The molecular weight excluding hydrogens is 492 g/mol. The number of anilines is 1. The van der Waals surface area contributed by atoms with E-state index in [1.807, 2.05) is 24.3 Å². The van der Waals surface area contributed by atoms with Crippen molar-refractivity contribution in [3.8, 4) is 0 Å². The maximum atomic E-state index is 13.9. The van der Waals surface area contributed by atoms with Crippen molar-refractivity contribution in [2.24, 2.45) is 11.7 Å². The highest BCUT2D eigenvalue weighted by molar-refractivity contribution is 6.01. The number of para-hydroxylation sites is 1. The smallest absolute Gasteiger partial charge is 0.411 e. The van der Waals surface area contributed by atoms with Crippen LogP contribution >= 0.6 is 0 Å². The normalized spacial score (nSPS) is 18.1. The zero-order chi connectivity index (χ0) is 28.2. The minimum absolute atomic E-state index is 0.104. The monoisotopic (exact) mass is 531 g/mol. The third-order valence-electron chi connectivity index (χ3n) is 6.48. The molecule has 1 aliphatic rings. The van der Waals surface area contributed by atoms with E-state index < -0.39 is 47.4 Å². The SMILES string of the molecule is CC(C)CCc1ccccc1N1CCN(C(=O)OC(C)(C)C)C(C(O)C(N)Cc2cc(F)cc(F)c2)C1=O. The van der Waals surface area contributed by atoms with Crippen LogP contribution in [0.2, 0.25) is 0 Å². The highest BCUT2D eigenvalue weighted by Crippen LogP contribution is 2.29. The molecule has 1 fully saturated rings. The third-order valence-corrected chi connectivity index (χ3v) is 6.48. The number of ether oxygens (including phenoxy) is 1. The van der Waals surface area contributed by atoms with E-state index in [0.717, 1.165) is 42.3 Å². The Morgan fingerprint density at radius 3 is 2.37 bits per heavy atom. The molecule has 38 heavy (non-hydrogen) atoms. The second kappa shape index (κ2) is 12.2. The number of aliphatic hydroxyl groups excluding tert-OH is 1. The molecule has 208 valence electrons. The summed E-state index contributed by atoms with van der Waals surface area (Å²) in [6.07, 6.45) is -0.666. The molecule has 2 amide bonds. The van der Waals surface area contributed by atoms with Crippen LogP contribution < -0.4 is 10.6 Å². The van der Waals surface area contributed by atoms with Crippen molar-refractivity contribution >= 4 is 17.7 Å². The van der Waals surface area contributed by atoms with Gasteiger partial charge in [-0.3, -0.25) is 9.69 Å². The average molecular weight is 532 g/mol. The minimum Gasteiger partial charge on any atom is -0.444 e. The van der Waals surface area contributed by atoms with Gasteiger partial charge in [-0.15, -0.1) is 0 Å². The van der Waals surface area contributed by atoms with Crippen LogP contribution in [0.3, 0.4) is 0 Å². The molecule has 1 heterocycles. The number of aliphatic hydroxyl groups is 1. The number of amides is 2. The maximum Gasteiger partial charge on any atom is 0.411 e. The van der Waals surface area contributed by atoms with Crippen LogP contribution in [0.15, 0.2) is 42.5 Å². The molecule has 3 atom stereocenters. The molecule has 3 N–H and O–H groups in total. The Morgan fingerprint density at radius 1 is 1.13 bits per heavy atom. The van der Waals surface area contributed by atoms with Gasteiger partial charge in [0.1, 0.15) is 23.3 Å². The summed E-state index contributed by atoms with van der Waals surface area (Å²) >= 11 is 0. The number of carbonyl (C=O) groups excluding carboxylic acids is 2. The van der Waals surface area contributed by atoms with Crippen molar-refractivity contribution in [2.45, 2.75) is 77.7 Å². The van der Waals surface area contributed by atoms with Gasteiger partial charge in [0, 0.05) is 30.9 Å². The van der Waals surface area contributed by atoms with Gasteiger partial charge in [-0.05, 0) is 75.3 Å². The van der Waals surface area contributed by atoms with Crippen molar-refractivity contribution in [3.63, 3.8) is 0 Å². The minimum atomic E-state index is -1.52. The molecule has 3 unspecified atom stereocenters. The Hall–Kier alpha value is -3.04. The standard InChI is InChI=1S/C29H39F2N3O4/c1-18(2)10-11-20-8-6-7-9-24(20)33-12-13-34(28(37)38-29(3,4)5)25(27(33)36)26(35)23(32)16-19-14-21(30)17-22(31)15-19/h6-9,14-15,17-18,23,25-26,35H,10-13,16,32H2,1-5H3. The van der Waals surface area contributed by atoms with Crippen molar-refractivity contribution < 1.29 is 28.2 Å². The number of nitrogens with two attached hydrogens (primary N) is 1. The number of hydrogen-bond acceptors (Lipinski definition) is 5. The van der Waals surface area contributed by atoms with Gasteiger partial charge in [0.2, 0.25) is 0 Å². The number of benzene rings is 2. The third kappa shape index (κ3) is 7.51. The van der Waals surface area contributed by atoms with Crippen LogP contribution in [0.25, 0.3) is 0 Å². The lowest BCUT2D eigenvalue weighted by Gasteiger charge is -2.44. The lowest BCUT2D eigenvalue weighted by Crippen LogP contribution is -2.66. The molecule has 0 radical (unpaired) electrons. The predicted molar refractivity (Wildman–Crippen MR) is 143 cm³/mol. The van der Waals surface area contributed by atoms with Gasteiger partial charge < -0.3 is 20.5 Å². The first-order valence-corrected chi connectivity index (χ1v) is 13.0. The van der Waals surface area contributed by atoms with Crippen molar-refractivity contribution in [1.82, 2.24) is 4.90 Å². The number of nitrogens with zero attached hydrogens (tertiary/aromatic N) is 2. The molecule has 7 nitrogen and oxygen atoms in total. The van der Waals surface area contributed by atoms with Gasteiger partial charge in [-0.2, -0.15) is 0 Å². The molecule has 3 rings (SSSR count). The first-order valence-electron chi connectivity index (χ1n) is 13.0. The van der Waals surface area contributed by atoms with E-state index in [9.17, 15) is 23.5 Å². The van der Waals surface area contributed by atoms with E-state index in [4.69, 9.17) is 10.5 Å². The van der Waals surface area contributed by atoms with Crippen LogP contribution in [0.5, 0.6) is 0 Å². The Balaban J connectivity index is 1.93. The molecule has 0 bridgehead atoms. The number of halogens is 2. The lowest BCUT2D eigenvalue weighted by atomic mass is 9.93. The van der Waals surface area contributed by atoms with E-state index in [1.54, 1.807) is 25.7 Å². The van der Waals surface area contributed by atoms with Crippen LogP contribution in [-0.2, 0) is 22.4 Å². The summed E-state index contributed by atoms with van der Waals surface area (Å²) < 4.78 is 33.0. The molecule has 2 aromatic rings. The van der Waals surface area contributed by atoms with Gasteiger partial charge in [0.25, 0.3) is 5.91 Å². The largest absolute Gasteiger partial charge is 0.444 e. The number of rotatable bonds is 8. The van der Waals surface area contributed by atoms with Gasteiger partial charge >= 0.3 is 6.09 Å². The first kappa shape index (κ1) is 29.5. The summed E-state index contributed by atoms with van der Waals surface area (Å²) in [6, 6.07) is 8.16. The lowest BCUT2D eigenvalue weighted by molar-refractivity contribution is -0.131. The van der Waals surface area contributed by atoms with Gasteiger partial charge in [-0.1, -0.05) is 32.0 Å². The van der Waals surface area contributed by atoms with Crippen LogP contribution in [0, 0.1) is 17.6 Å². The Morgan fingerprint density at radius 2 is 1.76 bits per heavy atom. The van der Waals surface area contributed by atoms with Crippen LogP contribution in [0.4, 0.5) is 19.3 Å². The summed E-state index contributed by atoms with van der Waals surface area (Å²) in [5.41, 5.74) is 7.41. The van der Waals surface area contributed by atoms with E-state index in [-0.39, 0.29) is 25.1 Å². The number of aryl methyl sites for hydroxylation is 1. The Bertz CT molecular complexity index is 1110. The molecule has 2 aromatic carbocycles. The van der Waals surface area contributed by atoms with E-state index >= 15 is 0 Å². The number of hydrogen-bond donors (Lipinski definition) is 2. The van der Waals surface area contributed by atoms with E-state index in [1.165, 1.54) is 4.90 Å². The Labute approximate surface area is 223 Å². The van der Waals surface area contributed by atoms with Gasteiger partial charge in [0.15, 0.2) is 0 Å². The second-order valence-electron chi connectivity index (χ2n) is 11.3. The predicted octanol–water partition coefficient (Wildman–Crippen LogP) is 4.44. The van der Waals surface area contributed by atoms with Crippen LogP contribution in [-0.4, -0.2) is 58.9 Å². The Kier molecular flexibility index (Phi) is 9.49. The molecule has 0 spiro atoms. The van der Waals surface area contributed by atoms with Gasteiger partial charge in [-0.25, -0.2) is 13.6 Å². The summed E-state index contributed by atoms with van der Waals surface area (Å²) in [7, 11) is 0. The zero-order valence-electron chi connectivity index (χ0n) is 22.8. The van der Waals surface area contributed by atoms with Gasteiger partial charge in [0.05, 0.1) is 6.10 Å². The fourth-order valence-corrected chi connectivity index (χ4v) is 4.63. The average Bonchev–Trinajstić information content (AvgIpc) is 2.80. The number of piperazine rings is 1. The molecular formula is C29H39F2N3O4. The van der Waals surface area contributed by atoms with Crippen LogP contribution in [0.1, 0.15) is 52.2 Å². The summed E-state index contributed by atoms with van der Waals surface area (Å²) in [6.45, 7) is 9.72. The molecule has 0 aliphatic carbocycles. The first-order chi connectivity index (χ1) is 17.8. The van der Waals surface area contributed by atoms with Crippen molar-refractivity contribution in [2.75, 3.05) is 18.0 Å². The molecule has 1 saturated heterocycles. The summed E-state index contributed by atoms with van der Waals surface area (Å²) in [4.78, 5) is 29.8. The van der Waals surface area contributed by atoms with Crippen molar-refractivity contribution in [3.05, 3.63) is 65.2 Å². The highest BCUT2D eigenvalue weighted by Gasteiger charge is 2.45.